The predicted molar refractivity (Wildman–Crippen MR) is 78.8 cm³/mol. The molecule has 1 aliphatic rings. The molecular weight excluding hydrogens is 236 g/mol. The summed E-state index contributed by atoms with van der Waals surface area (Å²) in [6, 6.07) is 5.83. The van der Waals surface area contributed by atoms with E-state index in [1.807, 2.05) is 25.1 Å². The van der Waals surface area contributed by atoms with E-state index in [9.17, 15) is 0 Å². The van der Waals surface area contributed by atoms with Crippen molar-refractivity contribution < 1.29 is 4.74 Å². The first kappa shape index (κ1) is 13.9. The lowest BCUT2D eigenvalue weighted by Crippen LogP contribution is -2.29. The predicted octanol–water partition coefficient (Wildman–Crippen LogP) is 3.48. The van der Waals surface area contributed by atoms with Crippen molar-refractivity contribution in [3.63, 3.8) is 0 Å². The molecule has 2 atom stereocenters. The summed E-state index contributed by atoms with van der Waals surface area (Å²) in [5, 5.41) is 7.64. The highest BCUT2D eigenvalue weighted by atomic mass is 16.5. The first-order valence-electron chi connectivity index (χ1n) is 7.07. The SMILES string of the molecule is Cc1ccc(C(=N)N)c(OC2CC(C)CC(C)C2)c1. The van der Waals surface area contributed by atoms with E-state index in [0.717, 1.165) is 24.2 Å². The third kappa shape index (κ3) is 3.49. The Labute approximate surface area is 115 Å². The Balaban J connectivity index is 2.18. The molecule has 0 aliphatic heterocycles. The zero-order chi connectivity index (χ0) is 14.0. The van der Waals surface area contributed by atoms with Crippen LogP contribution in [0.15, 0.2) is 18.2 Å². The number of hydrogen-bond acceptors (Lipinski definition) is 2. The van der Waals surface area contributed by atoms with Crippen molar-refractivity contribution in [1.29, 1.82) is 5.41 Å². The molecule has 104 valence electrons. The number of nitrogens with two attached hydrogens (primary N) is 1. The summed E-state index contributed by atoms with van der Waals surface area (Å²) in [6.45, 7) is 6.60. The van der Waals surface area contributed by atoms with E-state index in [-0.39, 0.29) is 11.9 Å². The molecule has 19 heavy (non-hydrogen) atoms. The zero-order valence-corrected chi connectivity index (χ0v) is 12.1. The van der Waals surface area contributed by atoms with Gasteiger partial charge in [-0.3, -0.25) is 5.41 Å². The van der Waals surface area contributed by atoms with Gasteiger partial charge < -0.3 is 10.5 Å². The van der Waals surface area contributed by atoms with Crippen LogP contribution in [0, 0.1) is 24.2 Å². The van der Waals surface area contributed by atoms with E-state index < -0.39 is 0 Å². The van der Waals surface area contributed by atoms with Crippen LogP contribution in [0.5, 0.6) is 5.75 Å². The number of aryl methyl sites for hydroxylation is 1. The van der Waals surface area contributed by atoms with Crippen LogP contribution in [0.1, 0.15) is 44.2 Å². The monoisotopic (exact) mass is 260 g/mol. The third-order valence-electron chi connectivity index (χ3n) is 3.86. The Morgan fingerprint density at radius 1 is 1.21 bits per heavy atom. The third-order valence-corrected chi connectivity index (χ3v) is 3.86. The highest BCUT2D eigenvalue weighted by Crippen LogP contribution is 2.32. The van der Waals surface area contributed by atoms with Crippen LogP contribution < -0.4 is 10.5 Å². The van der Waals surface area contributed by atoms with Gasteiger partial charge in [0.25, 0.3) is 0 Å². The van der Waals surface area contributed by atoms with Crippen molar-refractivity contribution >= 4 is 5.84 Å². The van der Waals surface area contributed by atoms with E-state index >= 15 is 0 Å². The van der Waals surface area contributed by atoms with Crippen LogP contribution in [0.25, 0.3) is 0 Å². The number of nitrogen functional groups attached to an aromatic ring is 1. The van der Waals surface area contributed by atoms with Crippen molar-refractivity contribution in [1.82, 2.24) is 0 Å². The van der Waals surface area contributed by atoms with E-state index in [2.05, 4.69) is 13.8 Å². The maximum Gasteiger partial charge on any atom is 0.130 e. The van der Waals surface area contributed by atoms with Gasteiger partial charge in [-0.15, -0.1) is 0 Å². The Kier molecular flexibility index (Phi) is 4.13. The maximum absolute atomic E-state index is 7.64. The summed E-state index contributed by atoms with van der Waals surface area (Å²) < 4.78 is 6.15. The van der Waals surface area contributed by atoms with Crippen molar-refractivity contribution in [2.75, 3.05) is 0 Å². The van der Waals surface area contributed by atoms with Gasteiger partial charge in [-0.1, -0.05) is 19.9 Å². The fourth-order valence-electron chi connectivity index (χ4n) is 3.10. The lowest BCUT2D eigenvalue weighted by molar-refractivity contribution is 0.101. The second-order valence-corrected chi connectivity index (χ2v) is 6.07. The average molecular weight is 260 g/mol. The smallest absolute Gasteiger partial charge is 0.130 e. The summed E-state index contributed by atoms with van der Waals surface area (Å²) in [5.41, 5.74) is 7.47. The van der Waals surface area contributed by atoms with Crippen LogP contribution in [0.3, 0.4) is 0 Å². The fourth-order valence-corrected chi connectivity index (χ4v) is 3.10. The first-order chi connectivity index (χ1) is 8.95. The number of nitrogens with one attached hydrogen (secondary N) is 1. The van der Waals surface area contributed by atoms with Gasteiger partial charge in [-0.2, -0.15) is 0 Å². The Hall–Kier alpha value is -1.51. The normalized spacial score (nSPS) is 27.0. The molecule has 1 aromatic carbocycles. The molecule has 0 aromatic heterocycles. The number of hydrogen-bond donors (Lipinski definition) is 2. The zero-order valence-electron chi connectivity index (χ0n) is 12.1. The molecule has 0 saturated heterocycles. The van der Waals surface area contributed by atoms with Gasteiger partial charge in [0.1, 0.15) is 11.6 Å². The summed E-state index contributed by atoms with van der Waals surface area (Å²) in [6.07, 6.45) is 3.72. The van der Waals surface area contributed by atoms with Crippen molar-refractivity contribution in [3.05, 3.63) is 29.3 Å². The largest absolute Gasteiger partial charge is 0.490 e. The van der Waals surface area contributed by atoms with Gasteiger partial charge in [-0.25, -0.2) is 0 Å². The van der Waals surface area contributed by atoms with E-state index in [1.54, 1.807) is 0 Å². The number of rotatable bonds is 3. The van der Waals surface area contributed by atoms with Crippen LogP contribution in [0.4, 0.5) is 0 Å². The second kappa shape index (κ2) is 5.64. The van der Waals surface area contributed by atoms with Gasteiger partial charge in [-0.05, 0) is 55.7 Å². The molecule has 2 unspecified atom stereocenters. The van der Waals surface area contributed by atoms with E-state index in [0.29, 0.717) is 17.4 Å². The minimum atomic E-state index is 0.0758. The topological polar surface area (TPSA) is 59.1 Å². The molecule has 3 nitrogen and oxygen atoms in total. The second-order valence-electron chi connectivity index (χ2n) is 6.07. The lowest BCUT2D eigenvalue weighted by Gasteiger charge is -2.32. The molecular formula is C16H24N2O. The Morgan fingerprint density at radius 2 is 1.84 bits per heavy atom. The molecule has 1 saturated carbocycles. The first-order valence-corrected chi connectivity index (χ1v) is 7.07. The van der Waals surface area contributed by atoms with Crippen molar-refractivity contribution in [3.8, 4) is 5.75 Å². The van der Waals surface area contributed by atoms with Gasteiger partial charge >= 0.3 is 0 Å². The molecule has 0 amide bonds. The standard InChI is InChI=1S/C16H24N2O/c1-10-4-5-14(16(17)18)15(9-10)19-13-7-11(2)6-12(3)8-13/h4-5,9,11-13H,6-8H2,1-3H3,(H3,17,18). The molecule has 3 heteroatoms. The Morgan fingerprint density at radius 3 is 2.42 bits per heavy atom. The summed E-state index contributed by atoms with van der Waals surface area (Å²) >= 11 is 0. The van der Waals surface area contributed by atoms with E-state index in [1.165, 1.54) is 6.42 Å². The fraction of sp³-hybridized carbons (Fsp3) is 0.562. The van der Waals surface area contributed by atoms with Crippen LogP contribution in [-0.2, 0) is 0 Å². The molecule has 1 aromatic rings. The average Bonchev–Trinajstić information content (AvgIpc) is 2.26. The van der Waals surface area contributed by atoms with Gasteiger partial charge in [0.15, 0.2) is 0 Å². The molecule has 3 N–H and O–H groups in total. The number of amidine groups is 1. The number of benzene rings is 1. The highest BCUT2D eigenvalue weighted by Gasteiger charge is 2.26. The summed E-state index contributed by atoms with van der Waals surface area (Å²) in [5.74, 6) is 2.25. The molecule has 0 spiro atoms. The van der Waals surface area contributed by atoms with Crippen molar-refractivity contribution in [2.24, 2.45) is 17.6 Å². The van der Waals surface area contributed by atoms with Crippen LogP contribution in [0.2, 0.25) is 0 Å². The Bertz CT molecular complexity index is 460. The lowest BCUT2D eigenvalue weighted by atomic mass is 9.82. The molecule has 1 aliphatic carbocycles. The van der Waals surface area contributed by atoms with Crippen LogP contribution >= 0.6 is 0 Å². The molecule has 0 heterocycles. The van der Waals surface area contributed by atoms with Crippen LogP contribution in [-0.4, -0.2) is 11.9 Å². The summed E-state index contributed by atoms with van der Waals surface area (Å²) in [4.78, 5) is 0. The minimum Gasteiger partial charge on any atom is -0.490 e. The molecule has 0 bridgehead atoms. The number of ether oxygens (including phenoxy) is 1. The molecule has 2 rings (SSSR count). The van der Waals surface area contributed by atoms with Crippen molar-refractivity contribution in [2.45, 2.75) is 46.1 Å². The minimum absolute atomic E-state index is 0.0758. The van der Waals surface area contributed by atoms with E-state index in [4.69, 9.17) is 15.9 Å². The quantitative estimate of drug-likeness (QED) is 0.645. The maximum atomic E-state index is 7.64. The summed E-state index contributed by atoms with van der Waals surface area (Å²) in [7, 11) is 0. The van der Waals surface area contributed by atoms with Gasteiger partial charge in [0.05, 0.1) is 11.7 Å². The molecule has 1 fully saturated rings. The highest BCUT2D eigenvalue weighted by molar-refractivity contribution is 5.97. The van der Waals surface area contributed by atoms with Gasteiger partial charge in [0, 0.05) is 0 Å². The van der Waals surface area contributed by atoms with Gasteiger partial charge in [0.2, 0.25) is 0 Å². The molecule has 0 radical (unpaired) electrons.